The second-order valence-electron chi connectivity index (χ2n) is 6.70. The van der Waals surface area contributed by atoms with Crippen LogP contribution in [-0.4, -0.2) is 66.4 Å². The molecule has 0 N–H and O–H groups in total. The number of benzene rings is 1. The number of carbonyl (C=O) groups is 3. The summed E-state index contributed by atoms with van der Waals surface area (Å²) in [5.74, 6) is -1.31. The van der Waals surface area contributed by atoms with Gasteiger partial charge in [0.2, 0.25) is 5.91 Å². The zero-order valence-corrected chi connectivity index (χ0v) is 16.8. The number of halogens is 1. The van der Waals surface area contributed by atoms with Crippen molar-refractivity contribution >= 4 is 44.7 Å². The second-order valence-corrected chi connectivity index (χ2v) is 9.92. The van der Waals surface area contributed by atoms with Crippen LogP contribution in [0, 0.1) is 5.82 Å². The molecule has 0 radical (unpaired) electrons. The van der Waals surface area contributed by atoms with Gasteiger partial charge >= 0.3 is 0 Å². The van der Waals surface area contributed by atoms with Gasteiger partial charge in [-0.3, -0.25) is 19.3 Å². The zero-order chi connectivity index (χ0) is 20.5. The zero-order valence-electron chi connectivity index (χ0n) is 15.1. The summed E-state index contributed by atoms with van der Waals surface area (Å²) in [5.41, 5.74) is 0.462. The molecule has 1 atom stereocenters. The molecule has 0 aliphatic carbocycles. The Balaban J connectivity index is 1.61. The Morgan fingerprint density at radius 1 is 1.39 bits per heavy atom. The van der Waals surface area contributed by atoms with E-state index in [1.165, 1.54) is 36.2 Å². The third-order valence-corrected chi connectivity index (χ3v) is 7.38. The second kappa shape index (κ2) is 8.04. The molecular weight excluding hydrogens is 407 g/mol. The van der Waals surface area contributed by atoms with E-state index in [0.717, 1.165) is 16.7 Å². The highest BCUT2D eigenvalue weighted by atomic mass is 32.2. The molecule has 2 aliphatic rings. The number of sulfone groups is 1. The van der Waals surface area contributed by atoms with Crippen LogP contribution in [0.25, 0.3) is 6.08 Å². The number of rotatable bonds is 5. The first kappa shape index (κ1) is 20.5. The van der Waals surface area contributed by atoms with Gasteiger partial charge in [0, 0.05) is 26.1 Å². The summed E-state index contributed by atoms with van der Waals surface area (Å²) in [4.78, 5) is 39.4. The fraction of sp³-hybridized carbons (Fsp3) is 0.389. The van der Waals surface area contributed by atoms with Crippen molar-refractivity contribution in [3.8, 4) is 0 Å². The molecule has 2 heterocycles. The molecule has 10 heteroatoms. The van der Waals surface area contributed by atoms with Gasteiger partial charge in [-0.2, -0.15) is 0 Å². The van der Waals surface area contributed by atoms with Crippen molar-refractivity contribution in [2.24, 2.45) is 0 Å². The number of hydrogen-bond acceptors (Lipinski definition) is 6. The van der Waals surface area contributed by atoms with Crippen LogP contribution in [0.2, 0.25) is 0 Å². The number of imide groups is 1. The van der Waals surface area contributed by atoms with Gasteiger partial charge in [0.05, 0.1) is 16.4 Å². The normalized spacial score (nSPS) is 22.9. The van der Waals surface area contributed by atoms with E-state index in [4.69, 9.17) is 0 Å². The fourth-order valence-electron chi connectivity index (χ4n) is 3.11. The van der Waals surface area contributed by atoms with Crippen molar-refractivity contribution < 1.29 is 27.2 Å². The number of hydrogen-bond donors (Lipinski definition) is 0. The van der Waals surface area contributed by atoms with Crippen LogP contribution in [0.3, 0.4) is 0 Å². The van der Waals surface area contributed by atoms with Crippen LogP contribution in [0.15, 0.2) is 29.2 Å². The lowest BCUT2D eigenvalue weighted by Crippen LogP contribution is -2.40. The van der Waals surface area contributed by atoms with Crippen LogP contribution < -0.4 is 0 Å². The SMILES string of the molecule is CN(C(=O)CCN1C(=O)S/C(=C\c2cccc(F)c2)C1=O)[C@H]1CCS(=O)(=O)C1. The Kier molecular flexibility index (Phi) is 5.90. The van der Waals surface area contributed by atoms with Crippen molar-refractivity contribution in [1.29, 1.82) is 0 Å². The summed E-state index contributed by atoms with van der Waals surface area (Å²) < 4.78 is 36.4. The third-order valence-electron chi connectivity index (χ3n) is 4.72. The van der Waals surface area contributed by atoms with E-state index >= 15 is 0 Å². The summed E-state index contributed by atoms with van der Waals surface area (Å²) in [5, 5.41) is -0.494. The van der Waals surface area contributed by atoms with Gasteiger partial charge in [0.15, 0.2) is 9.84 Å². The molecule has 0 unspecified atom stereocenters. The van der Waals surface area contributed by atoms with Gasteiger partial charge in [0.25, 0.3) is 11.1 Å². The maximum absolute atomic E-state index is 13.3. The Hall–Kier alpha value is -2.20. The molecule has 7 nitrogen and oxygen atoms in total. The molecule has 1 aromatic carbocycles. The smallest absolute Gasteiger partial charge is 0.293 e. The average Bonchev–Trinajstić information content (AvgIpc) is 3.11. The first-order chi connectivity index (χ1) is 13.2. The van der Waals surface area contributed by atoms with Crippen LogP contribution in [0.4, 0.5) is 9.18 Å². The molecule has 0 aromatic heterocycles. The summed E-state index contributed by atoms with van der Waals surface area (Å²) >= 11 is 0.739. The van der Waals surface area contributed by atoms with Gasteiger partial charge in [0.1, 0.15) is 5.82 Å². The molecule has 2 saturated heterocycles. The first-order valence-corrected chi connectivity index (χ1v) is 11.3. The minimum Gasteiger partial charge on any atom is -0.342 e. The lowest BCUT2D eigenvalue weighted by molar-refractivity contribution is -0.132. The number of nitrogens with zero attached hydrogens (tertiary/aromatic N) is 2. The van der Waals surface area contributed by atoms with E-state index in [2.05, 4.69) is 0 Å². The summed E-state index contributed by atoms with van der Waals surface area (Å²) in [6, 6.07) is 5.28. The lowest BCUT2D eigenvalue weighted by Gasteiger charge is -2.24. The average molecular weight is 426 g/mol. The largest absolute Gasteiger partial charge is 0.342 e. The van der Waals surface area contributed by atoms with Crippen molar-refractivity contribution in [3.63, 3.8) is 0 Å². The van der Waals surface area contributed by atoms with Crippen LogP contribution >= 0.6 is 11.8 Å². The topological polar surface area (TPSA) is 91.8 Å². The van der Waals surface area contributed by atoms with Crippen molar-refractivity contribution in [3.05, 3.63) is 40.6 Å². The molecule has 150 valence electrons. The van der Waals surface area contributed by atoms with Crippen LogP contribution in [-0.2, 0) is 19.4 Å². The highest BCUT2D eigenvalue weighted by Gasteiger charge is 2.36. The van der Waals surface area contributed by atoms with Gasteiger partial charge in [-0.05, 0) is 42.0 Å². The first-order valence-electron chi connectivity index (χ1n) is 8.63. The Labute approximate surface area is 166 Å². The quantitative estimate of drug-likeness (QED) is 0.668. The third kappa shape index (κ3) is 4.61. The monoisotopic (exact) mass is 426 g/mol. The molecule has 0 bridgehead atoms. The maximum atomic E-state index is 13.3. The predicted molar refractivity (Wildman–Crippen MR) is 104 cm³/mol. The van der Waals surface area contributed by atoms with Gasteiger partial charge in [-0.25, -0.2) is 12.8 Å². The highest BCUT2D eigenvalue weighted by Crippen LogP contribution is 2.32. The summed E-state index contributed by atoms with van der Waals surface area (Å²) in [7, 11) is -1.58. The van der Waals surface area contributed by atoms with E-state index in [-0.39, 0.29) is 41.3 Å². The fourth-order valence-corrected chi connectivity index (χ4v) is 5.75. The lowest BCUT2D eigenvalue weighted by atomic mass is 10.2. The number of thioether (sulfide) groups is 1. The number of amides is 3. The van der Waals surface area contributed by atoms with E-state index in [1.807, 2.05) is 0 Å². The Morgan fingerprint density at radius 3 is 2.79 bits per heavy atom. The van der Waals surface area contributed by atoms with Crippen LogP contribution in [0.1, 0.15) is 18.4 Å². The molecule has 0 saturated carbocycles. The van der Waals surface area contributed by atoms with Gasteiger partial charge < -0.3 is 4.90 Å². The van der Waals surface area contributed by atoms with Crippen molar-refractivity contribution in [2.75, 3.05) is 25.1 Å². The molecule has 3 rings (SSSR count). The van der Waals surface area contributed by atoms with E-state index in [9.17, 15) is 27.2 Å². The van der Waals surface area contributed by atoms with Crippen molar-refractivity contribution in [1.82, 2.24) is 9.80 Å². The minimum absolute atomic E-state index is 0.0588. The molecule has 0 spiro atoms. The predicted octanol–water partition coefficient (Wildman–Crippen LogP) is 1.90. The van der Waals surface area contributed by atoms with Crippen molar-refractivity contribution in [2.45, 2.75) is 18.9 Å². The van der Waals surface area contributed by atoms with E-state index < -0.39 is 26.8 Å². The Bertz CT molecular complexity index is 960. The van der Waals surface area contributed by atoms with E-state index in [0.29, 0.717) is 12.0 Å². The summed E-state index contributed by atoms with van der Waals surface area (Å²) in [6.07, 6.45) is 1.74. The highest BCUT2D eigenvalue weighted by molar-refractivity contribution is 8.18. The van der Waals surface area contributed by atoms with Gasteiger partial charge in [-0.1, -0.05) is 12.1 Å². The molecule has 1 aromatic rings. The molecule has 28 heavy (non-hydrogen) atoms. The maximum Gasteiger partial charge on any atom is 0.293 e. The number of carbonyl (C=O) groups excluding carboxylic acids is 3. The van der Waals surface area contributed by atoms with E-state index in [1.54, 1.807) is 6.07 Å². The van der Waals surface area contributed by atoms with Gasteiger partial charge in [-0.15, -0.1) is 0 Å². The molecular formula is C18H19FN2O5S2. The Morgan fingerprint density at radius 2 is 2.14 bits per heavy atom. The van der Waals surface area contributed by atoms with Crippen LogP contribution in [0.5, 0.6) is 0 Å². The summed E-state index contributed by atoms with van der Waals surface area (Å²) in [6.45, 7) is -0.0895. The minimum atomic E-state index is -3.11. The molecule has 3 amide bonds. The standard InChI is InChI=1S/C18H19FN2O5S2/c1-20(14-6-8-28(25,26)11-14)16(22)5-7-21-17(23)15(27-18(21)24)10-12-3-2-4-13(19)9-12/h2-4,9-10,14H,5-8,11H2,1H3/b15-10-/t14-/m0/s1. The molecule has 2 fully saturated rings. The molecule has 2 aliphatic heterocycles.